The molecule has 0 amide bonds. The molecule has 3 N–H and O–H groups in total. The molecule has 1 aliphatic rings. The van der Waals surface area contributed by atoms with Crippen molar-refractivity contribution in [1.82, 2.24) is 15.2 Å². The van der Waals surface area contributed by atoms with Gasteiger partial charge in [-0.1, -0.05) is 11.6 Å². The monoisotopic (exact) mass is 273 g/mol. The summed E-state index contributed by atoms with van der Waals surface area (Å²) in [6.07, 6.45) is -0.409. The Morgan fingerprint density at radius 1 is 1.61 bits per heavy atom. The number of anilines is 2. The molecule has 0 aliphatic carbocycles. The van der Waals surface area contributed by atoms with Crippen molar-refractivity contribution < 1.29 is 14.6 Å². The number of carbonyl (C=O) groups excluding carboxylic acids is 1. The molecule has 2 unspecified atom stereocenters. The molecule has 9 heteroatoms. The van der Waals surface area contributed by atoms with Crippen molar-refractivity contribution >= 4 is 29.3 Å². The van der Waals surface area contributed by atoms with Crippen LogP contribution in [-0.4, -0.2) is 52.1 Å². The summed E-state index contributed by atoms with van der Waals surface area (Å²) in [7, 11) is 1.28. The van der Waals surface area contributed by atoms with E-state index in [4.69, 9.17) is 17.3 Å². The standard InChI is InChI=1S/C9H12ClN5O3/c1-18-8(17)5-2-4(16)3-15(5)9-12-7(11)6(10)13-14-9/h4-5,16H,2-3H2,1H3,(H2,11,12,14). The predicted molar refractivity (Wildman–Crippen MR) is 63.0 cm³/mol. The number of nitrogen functional groups attached to an aromatic ring is 1. The first-order chi connectivity index (χ1) is 8.52. The summed E-state index contributed by atoms with van der Waals surface area (Å²) in [5.74, 6) is -0.306. The summed E-state index contributed by atoms with van der Waals surface area (Å²) >= 11 is 5.62. The van der Waals surface area contributed by atoms with Gasteiger partial charge in [-0.05, 0) is 0 Å². The number of aromatic nitrogens is 3. The van der Waals surface area contributed by atoms with E-state index in [1.807, 2.05) is 0 Å². The Hall–Kier alpha value is -1.67. The van der Waals surface area contributed by atoms with E-state index >= 15 is 0 Å². The number of esters is 1. The minimum Gasteiger partial charge on any atom is -0.467 e. The maximum absolute atomic E-state index is 11.6. The van der Waals surface area contributed by atoms with Crippen molar-refractivity contribution in [2.75, 3.05) is 24.3 Å². The minimum atomic E-state index is -0.658. The van der Waals surface area contributed by atoms with Crippen molar-refractivity contribution in [3.05, 3.63) is 5.15 Å². The van der Waals surface area contributed by atoms with Crippen molar-refractivity contribution in [3.63, 3.8) is 0 Å². The fraction of sp³-hybridized carbons (Fsp3) is 0.556. The molecule has 18 heavy (non-hydrogen) atoms. The third-order valence-electron chi connectivity index (χ3n) is 2.67. The van der Waals surface area contributed by atoms with Gasteiger partial charge in [0, 0.05) is 13.0 Å². The predicted octanol–water partition coefficient (Wildman–Crippen LogP) is -0.780. The van der Waals surface area contributed by atoms with Gasteiger partial charge in [0.25, 0.3) is 0 Å². The third-order valence-corrected chi connectivity index (χ3v) is 2.94. The number of nitrogens with zero attached hydrogens (tertiary/aromatic N) is 4. The van der Waals surface area contributed by atoms with Gasteiger partial charge in [-0.15, -0.1) is 10.2 Å². The maximum Gasteiger partial charge on any atom is 0.328 e. The SMILES string of the molecule is COC(=O)C1CC(O)CN1c1nnc(Cl)c(N)n1. The van der Waals surface area contributed by atoms with Gasteiger partial charge in [0.2, 0.25) is 5.95 Å². The van der Waals surface area contributed by atoms with Crippen molar-refractivity contribution in [1.29, 1.82) is 0 Å². The maximum atomic E-state index is 11.6. The molecule has 1 fully saturated rings. The lowest BCUT2D eigenvalue weighted by Gasteiger charge is -2.21. The number of β-amino-alcohol motifs (C(OH)–C–C–N with tert-alkyl or cyclic N) is 1. The summed E-state index contributed by atoms with van der Waals surface area (Å²) in [5.41, 5.74) is 5.53. The van der Waals surface area contributed by atoms with Gasteiger partial charge in [0.1, 0.15) is 6.04 Å². The van der Waals surface area contributed by atoms with E-state index in [-0.39, 0.29) is 29.9 Å². The van der Waals surface area contributed by atoms with Crippen LogP contribution in [0.4, 0.5) is 11.8 Å². The highest BCUT2D eigenvalue weighted by molar-refractivity contribution is 6.31. The van der Waals surface area contributed by atoms with Crippen LogP contribution < -0.4 is 10.6 Å². The van der Waals surface area contributed by atoms with Crippen LogP contribution in [0, 0.1) is 0 Å². The number of halogens is 1. The summed E-state index contributed by atoms with van der Waals surface area (Å²) in [6, 6.07) is -0.646. The Morgan fingerprint density at radius 3 is 2.94 bits per heavy atom. The first kappa shape index (κ1) is 12.8. The van der Waals surface area contributed by atoms with Gasteiger partial charge < -0.3 is 20.5 Å². The summed E-state index contributed by atoms with van der Waals surface area (Å²) < 4.78 is 4.66. The number of aliphatic hydroxyl groups excluding tert-OH is 1. The highest BCUT2D eigenvalue weighted by Gasteiger charge is 2.38. The summed E-state index contributed by atoms with van der Waals surface area (Å²) in [4.78, 5) is 17.0. The lowest BCUT2D eigenvalue weighted by atomic mass is 10.2. The molecule has 0 aromatic carbocycles. The quantitative estimate of drug-likeness (QED) is 0.675. The van der Waals surface area contributed by atoms with E-state index in [9.17, 15) is 9.90 Å². The molecule has 8 nitrogen and oxygen atoms in total. The molecular weight excluding hydrogens is 262 g/mol. The normalized spacial score (nSPS) is 23.2. The van der Waals surface area contributed by atoms with Crippen LogP contribution in [-0.2, 0) is 9.53 Å². The Morgan fingerprint density at radius 2 is 2.33 bits per heavy atom. The lowest BCUT2D eigenvalue weighted by Crippen LogP contribution is -2.38. The number of hydrogen-bond acceptors (Lipinski definition) is 8. The molecule has 0 radical (unpaired) electrons. The van der Waals surface area contributed by atoms with Crippen LogP contribution in [0.1, 0.15) is 6.42 Å². The molecule has 1 saturated heterocycles. The van der Waals surface area contributed by atoms with E-state index in [2.05, 4.69) is 19.9 Å². The number of hydrogen-bond donors (Lipinski definition) is 2. The zero-order valence-electron chi connectivity index (χ0n) is 9.58. The van der Waals surface area contributed by atoms with Crippen LogP contribution in [0.15, 0.2) is 0 Å². The van der Waals surface area contributed by atoms with Crippen LogP contribution in [0.2, 0.25) is 5.15 Å². The van der Waals surface area contributed by atoms with E-state index in [0.29, 0.717) is 0 Å². The van der Waals surface area contributed by atoms with Crippen LogP contribution in [0.25, 0.3) is 0 Å². The molecule has 1 aliphatic heterocycles. The number of aliphatic hydroxyl groups is 1. The zero-order chi connectivity index (χ0) is 13.3. The Bertz CT molecular complexity index is 472. The molecule has 0 bridgehead atoms. The average molecular weight is 274 g/mol. The van der Waals surface area contributed by atoms with E-state index in [1.54, 1.807) is 0 Å². The Balaban J connectivity index is 2.29. The fourth-order valence-electron chi connectivity index (χ4n) is 1.83. The average Bonchev–Trinajstić information content (AvgIpc) is 2.74. The summed E-state index contributed by atoms with van der Waals surface area (Å²) in [5, 5.41) is 17.0. The topological polar surface area (TPSA) is 114 Å². The van der Waals surface area contributed by atoms with E-state index in [1.165, 1.54) is 12.0 Å². The number of ether oxygens (including phenoxy) is 1. The number of nitrogens with two attached hydrogens (primary N) is 1. The van der Waals surface area contributed by atoms with Gasteiger partial charge in [-0.2, -0.15) is 4.98 Å². The van der Waals surface area contributed by atoms with Gasteiger partial charge in [0.05, 0.1) is 13.2 Å². The first-order valence-electron chi connectivity index (χ1n) is 5.21. The lowest BCUT2D eigenvalue weighted by molar-refractivity contribution is -0.142. The molecule has 2 rings (SSSR count). The smallest absolute Gasteiger partial charge is 0.328 e. The number of rotatable bonds is 2. The zero-order valence-corrected chi connectivity index (χ0v) is 10.3. The van der Waals surface area contributed by atoms with Gasteiger partial charge in [-0.3, -0.25) is 0 Å². The fourth-order valence-corrected chi connectivity index (χ4v) is 1.91. The van der Waals surface area contributed by atoms with Crippen molar-refractivity contribution in [2.24, 2.45) is 0 Å². The third kappa shape index (κ3) is 2.29. The van der Waals surface area contributed by atoms with E-state index < -0.39 is 18.1 Å². The Kier molecular flexibility index (Phi) is 3.48. The molecule has 98 valence electrons. The summed E-state index contributed by atoms with van der Waals surface area (Å²) in [6.45, 7) is 0.211. The molecule has 1 aromatic heterocycles. The minimum absolute atomic E-state index is 0.00638. The second-order valence-corrected chi connectivity index (χ2v) is 4.23. The van der Waals surface area contributed by atoms with Crippen molar-refractivity contribution in [3.8, 4) is 0 Å². The van der Waals surface area contributed by atoms with Crippen LogP contribution in [0.3, 0.4) is 0 Å². The van der Waals surface area contributed by atoms with Gasteiger partial charge >= 0.3 is 5.97 Å². The first-order valence-corrected chi connectivity index (χ1v) is 5.59. The molecule has 0 saturated carbocycles. The highest BCUT2D eigenvalue weighted by atomic mass is 35.5. The number of methoxy groups -OCH3 is 1. The van der Waals surface area contributed by atoms with E-state index in [0.717, 1.165) is 0 Å². The number of carbonyl (C=O) groups is 1. The molecular formula is C9H12ClN5O3. The Labute approximate surface area is 108 Å². The largest absolute Gasteiger partial charge is 0.467 e. The van der Waals surface area contributed by atoms with Crippen LogP contribution >= 0.6 is 11.6 Å². The van der Waals surface area contributed by atoms with Gasteiger partial charge in [-0.25, -0.2) is 4.79 Å². The molecule has 2 atom stereocenters. The molecule has 1 aromatic rings. The van der Waals surface area contributed by atoms with Crippen molar-refractivity contribution in [2.45, 2.75) is 18.6 Å². The van der Waals surface area contributed by atoms with Gasteiger partial charge in [0.15, 0.2) is 11.0 Å². The molecule has 2 heterocycles. The molecule has 0 spiro atoms. The second kappa shape index (κ2) is 4.91. The highest BCUT2D eigenvalue weighted by Crippen LogP contribution is 2.24. The van der Waals surface area contributed by atoms with Crippen LogP contribution in [0.5, 0.6) is 0 Å². The second-order valence-electron chi connectivity index (χ2n) is 3.87.